The highest BCUT2D eigenvalue weighted by atomic mass is 16.6. The van der Waals surface area contributed by atoms with Crippen LogP contribution in [0.1, 0.15) is 21.7 Å². The number of benzene rings is 1. The molecule has 0 bridgehead atoms. The van der Waals surface area contributed by atoms with E-state index in [1.54, 1.807) is 12.1 Å². The van der Waals surface area contributed by atoms with E-state index in [1.165, 1.54) is 18.3 Å². The minimum Gasteiger partial charge on any atom is -0.400 e. The maximum absolute atomic E-state index is 11.7. The fourth-order valence-electron chi connectivity index (χ4n) is 1.43. The third-order valence-corrected chi connectivity index (χ3v) is 2.46. The molecular formula is C13H11N3O4. The van der Waals surface area contributed by atoms with Gasteiger partial charge in [0, 0.05) is 5.56 Å². The van der Waals surface area contributed by atoms with E-state index in [0.717, 1.165) is 5.56 Å². The number of amides is 1. The van der Waals surface area contributed by atoms with Gasteiger partial charge in [-0.1, -0.05) is 17.7 Å². The van der Waals surface area contributed by atoms with Gasteiger partial charge >= 0.3 is 5.88 Å². The van der Waals surface area contributed by atoms with Crippen LogP contribution in [0.15, 0.2) is 45.9 Å². The zero-order valence-corrected chi connectivity index (χ0v) is 10.6. The average molecular weight is 273 g/mol. The first-order valence-corrected chi connectivity index (χ1v) is 5.70. The van der Waals surface area contributed by atoms with Crippen LogP contribution in [0.3, 0.4) is 0 Å². The van der Waals surface area contributed by atoms with Crippen molar-refractivity contribution in [2.45, 2.75) is 6.92 Å². The topological polar surface area (TPSA) is 97.7 Å². The summed E-state index contributed by atoms with van der Waals surface area (Å²) in [5.74, 6) is -0.570. The molecule has 1 aromatic heterocycles. The minimum absolute atomic E-state index is 0.181. The van der Waals surface area contributed by atoms with Crippen molar-refractivity contribution in [3.8, 4) is 0 Å². The van der Waals surface area contributed by atoms with Gasteiger partial charge in [-0.15, -0.1) is 0 Å². The van der Waals surface area contributed by atoms with Crippen LogP contribution >= 0.6 is 0 Å². The highest BCUT2D eigenvalue weighted by Gasteiger charge is 2.10. The number of hydrogen-bond acceptors (Lipinski definition) is 5. The molecule has 2 rings (SSSR count). The molecule has 2 aromatic rings. The Morgan fingerprint density at radius 2 is 2.00 bits per heavy atom. The van der Waals surface area contributed by atoms with Crippen molar-refractivity contribution in [1.29, 1.82) is 0 Å². The quantitative estimate of drug-likeness (QED) is 0.524. The monoisotopic (exact) mass is 273 g/mol. The zero-order valence-electron chi connectivity index (χ0n) is 10.6. The summed E-state index contributed by atoms with van der Waals surface area (Å²) in [6.07, 6.45) is 1.19. The van der Waals surface area contributed by atoms with Crippen molar-refractivity contribution in [2.75, 3.05) is 0 Å². The Hall–Kier alpha value is -2.96. The summed E-state index contributed by atoms with van der Waals surface area (Å²) in [5.41, 5.74) is 3.83. The highest BCUT2D eigenvalue weighted by molar-refractivity contribution is 5.94. The van der Waals surface area contributed by atoms with Gasteiger partial charge in [-0.25, -0.2) is 5.43 Å². The van der Waals surface area contributed by atoms with Crippen LogP contribution in [0.4, 0.5) is 5.88 Å². The van der Waals surface area contributed by atoms with Gasteiger partial charge in [-0.2, -0.15) is 5.10 Å². The first-order chi connectivity index (χ1) is 9.56. The van der Waals surface area contributed by atoms with Gasteiger partial charge < -0.3 is 4.42 Å². The van der Waals surface area contributed by atoms with E-state index in [4.69, 9.17) is 4.42 Å². The third kappa shape index (κ3) is 3.29. The molecule has 7 nitrogen and oxygen atoms in total. The van der Waals surface area contributed by atoms with E-state index in [1.807, 2.05) is 19.1 Å². The lowest BCUT2D eigenvalue weighted by Gasteiger charge is -1.99. The molecule has 1 aromatic carbocycles. The molecule has 0 radical (unpaired) electrons. The molecule has 0 unspecified atom stereocenters. The number of carbonyl (C=O) groups excluding carboxylic acids is 1. The van der Waals surface area contributed by atoms with Gasteiger partial charge in [0.2, 0.25) is 0 Å². The number of nitrogens with zero attached hydrogens (tertiary/aromatic N) is 2. The molecule has 0 aliphatic rings. The fourth-order valence-corrected chi connectivity index (χ4v) is 1.43. The molecular weight excluding hydrogens is 262 g/mol. The van der Waals surface area contributed by atoms with E-state index >= 15 is 0 Å². The molecule has 1 heterocycles. The van der Waals surface area contributed by atoms with Crippen LogP contribution in [0.25, 0.3) is 0 Å². The molecule has 0 aliphatic carbocycles. The smallest absolute Gasteiger partial charge is 0.400 e. The van der Waals surface area contributed by atoms with Gasteiger partial charge in [0.25, 0.3) is 5.91 Å². The predicted molar refractivity (Wildman–Crippen MR) is 71.6 cm³/mol. The predicted octanol–water partition coefficient (Wildman–Crippen LogP) is 2.26. The van der Waals surface area contributed by atoms with Crippen LogP contribution in [-0.2, 0) is 0 Å². The normalized spacial score (nSPS) is 10.7. The van der Waals surface area contributed by atoms with E-state index in [2.05, 4.69) is 10.5 Å². The summed E-state index contributed by atoms with van der Waals surface area (Å²) < 4.78 is 4.85. The summed E-state index contributed by atoms with van der Waals surface area (Å²) in [4.78, 5) is 21.5. The maximum Gasteiger partial charge on any atom is 0.433 e. The van der Waals surface area contributed by atoms with E-state index in [-0.39, 0.29) is 17.6 Å². The Balaban J connectivity index is 1.97. The molecule has 1 N–H and O–H groups in total. The van der Waals surface area contributed by atoms with Crippen LogP contribution in [-0.4, -0.2) is 17.0 Å². The number of aryl methyl sites for hydroxylation is 1. The molecule has 0 spiro atoms. The fraction of sp³-hybridized carbons (Fsp3) is 0.0769. The summed E-state index contributed by atoms with van der Waals surface area (Å²) in [7, 11) is 0. The van der Waals surface area contributed by atoms with E-state index < -0.39 is 4.92 Å². The lowest BCUT2D eigenvalue weighted by Crippen LogP contribution is -2.17. The highest BCUT2D eigenvalue weighted by Crippen LogP contribution is 2.13. The molecule has 7 heteroatoms. The molecule has 0 fully saturated rings. The van der Waals surface area contributed by atoms with Crippen molar-refractivity contribution in [2.24, 2.45) is 5.10 Å². The van der Waals surface area contributed by atoms with Crippen molar-refractivity contribution < 1.29 is 14.1 Å². The number of carbonyl (C=O) groups is 1. The molecule has 0 saturated carbocycles. The van der Waals surface area contributed by atoms with E-state index in [0.29, 0.717) is 5.56 Å². The Bertz CT molecular complexity index is 659. The second kappa shape index (κ2) is 5.79. The number of nitro groups is 1. The summed E-state index contributed by atoms with van der Waals surface area (Å²) in [6, 6.07) is 9.59. The van der Waals surface area contributed by atoms with Crippen molar-refractivity contribution in [3.63, 3.8) is 0 Å². The van der Waals surface area contributed by atoms with Crippen LogP contribution in [0, 0.1) is 17.0 Å². The van der Waals surface area contributed by atoms with Gasteiger partial charge in [0.1, 0.15) is 4.92 Å². The summed E-state index contributed by atoms with van der Waals surface area (Å²) >= 11 is 0. The number of nitrogens with one attached hydrogen (secondary N) is 1. The van der Waals surface area contributed by atoms with Gasteiger partial charge in [-0.3, -0.25) is 14.9 Å². The largest absolute Gasteiger partial charge is 0.433 e. The molecule has 1 amide bonds. The minimum atomic E-state index is -0.651. The zero-order chi connectivity index (χ0) is 14.5. The first-order valence-electron chi connectivity index (χ1n) is 5.70. The standard InChI is InChI=1S/C13H11N3O4/c1-9-2-4-10(5-3-9)13(17)15-14-8-11-6-7-12(20-11)16(18)19/h2-8H,1H3,(H,15,17). The van der Waals surface area contributed by atoms with Crippen LogP contribution < -0.4 is 5.43 Å². The lowest BCUT2D eigenvalue weighted by atomic mass is 10.1. The summed E-state index contributed by atoms with van der Waals surface area (Å²) in [5, 5.41) is 14.1. The molecule has 102 valence electrons. The van der Waals surface area contributed by atoms with E-state index in [9.17, 15) is 14.9 Å². The lowest BCUT2D eigenvalue weighted by molar-refractivity contribution is -0.402. The summed E-state index contributed by atoms with van der Waals surface area (Å²) in [6.45, 7) is 1.92. The number of hydrazone groups is 1. The second-order valence-electron chi connectivity index (χ2n) is 4.00. The van der Waals surface area contributed by atoms with Crippen LogP contribution in [0.2, 0.25) is 0 Å². The van der Waals surface area contributed by atoms with Gasteiger partial charge in [-0.05, 0) is 25.1 Å². The van der Waals surface area contributed by atoms with Crippen molar-refractivity contribution in [1.82, 2.24) is 5.43 Å². The second-order valence-corrected chi connectivity index (χ2v) is 4.00. The molecule has 0 atom stereocenters. The molecule has 20 heavy (non-hydrogen) atoms. The Kier molecular flexibility index (Phi) is 3.90. The third-order valence-electron chi connectivity index (χ3n) is 2.46. The Labute approximate surface area is 114 Å². The first kappa shape index (κ1) is 13.5. The molecule has 0 aliphatic heterocycles. The Morgan fingerprint density at radius 1 is 1.30 bits per heavy atom. The van der Waals surface area contributed by atoms with Crippen LogP contribution in [0.5, 0.6) is 0 Å². The number of rotatable bonds is 4. The van der Waals surface area contributed by atoms with Crippen molar-refractivity contribution in [3.05, 3.63) is 63.4 Å². The van der Waals surface area contributed by atoms with Gasteiger partial charge in [0.05, 0.1) is 12.3 Å². The average Bonchev–Trinajstić information content (AvgIpc) is 2.88. The maximum atomic E-state index is 11.7. The SMILES string of the molecule is Cc1ccc(C(=O)NN=Cc2ccc([N+](=O)[O-])o2)cc1. The van der Waals surface area contributed by atoms with Crippen molar-refractivity contribution >= 4 is 18.0 Å². The number of furan rings is 1. The Morgan fingerprint density at radius 3 is 2.60 bits per heavy atom. The van der Waals surface area contributed by atoms with Gasteiger partial charge in [0.15, 0.2) is 5.76 Å². The number of hydrogen-bond donors (Lipinski definition) is 1. The molecule has 0 saturated heterocycles.